The third-order valence-corrected chi connectivity index (χ3v) is 5.25. The van der Waals surface area contributed by atoms with E-state index in [4.69, 9.17) is 0 Å². The van der Waals surface area contributed by atoms with Crippen LogP contribution in [0.15, 0.2) is 72.9 Å². The Morgan fingerprint density at radius 3 is 2.55 bits per heavy atom. The number of nitrogens with one attached hydrogen (secondary N) is 1. The summed E-state index contributed by atoms with van der Waals surface area (Å²) in [5, 5.41) is 13.0. The van der Waals surface area contributed by atoms with Crippen LogP contribution in [0, 0.1) is 11.6 Å². The van der Waals surface area contributed by atoms with Gasteiger partial charge in [0.05, 0.1) is 5.69 Å². The Kier molecular flexibility index (Phi) is 4.37. The van der Waals surface area contributed by atoms with Crippen molar-refractivity contribution < 1.29 is 8.78 Å². The zero-order chi connectivity index (χ0) is 19.8. The van der Waals surface area contributed by atoms with E-state index in [0.717, 1.165) is 27.5 Å². The van der Waals surface area contributed by atoms with Crippen LogP contribution in [0.5, 0.6) is 0 Å². The van der Waals surface area contributed by atoms with Crippen LogP contribution in [-0.4, -0.2) is 16.7 Å². The number of benzene rings is 3. The highest BCUT2D eigenvalue weighted by Crippen LogP contribution is 2.34. The molecule has 1 aliphatic rings. The molecule has 1 N–H and O–H groups in total. The molecule has 1 aliphatic heterocycles. The van der Waals surface area contributed by atoms with Gasteiger partial charge in [-0.05, 0) is 63.9 Å². The van der Waals surface area contributed by atoms with Gasteiger partial charge >= 0.3 is 0 Å². The van der Waals surface area contributed by atoms with Gasteiger partial charge in [-0.1, -0.05) is 30.3 Å². The van der Waals surface area contributed by atoms with Gasteiger partial charge in [0.2, 0.25) is 0 Å². The Labute approximate surface area is 166 Å². The fourth-order valence-corrected chi connectivity index (χ4v) is 3.83. The Morgan fingerprint density at radius 1 is 0.862 bits per heavy atom. The minimum Gasteiger partial charge on any atom is -0.309 e. The van der Waals surface area contributed by atoms with Gasteiger partial charge in [-0.2, -0.15) is 10.2 Å². The van der Waals surface area contributed by atoms with Crippen molar-refractivity contribution in [2.45, 2.75) is 6.54 Å². The van der Waals surface area contributed by atoms with Crippen LogP contribution in [0.25, 0.3) is 27.6 Å². The van der Waals surface area contributed by atoms with Crippen LogP contribution in [0.2, 0.25) is 0 Å². The maximum Gasteiger partial charge on any atom is 0.137 e. The lowest BCUT2D eigenvalue weighted by Crippen LogP contribution is -2.13. The standard InChI is InChI=1S/C24H17F2N3/c25-18-6-5-15-12-17(4-3-16(15)13-18)19-9-11-27-14-22-20(19)7-8-21(24(22)26)23-2-1-10-28-29-23/h1-10,12-13,27H,11,14H2. The van der Waals surface area contributed by atoms with Crippen molar-refractivity contribution in [1.82, 2.24) is 15.5 Å². The third-order valence-electron chi connectivity index (χ3n) is 5.25. The van der Waals surface area contributed by atoms with Gasteiger partial charge in [0.25, 0.3) is 0 Å². The fraction of sp³-hybridized carbons (Fsp3) is 0.0833. The highest BCUT2D eigenvalue weighted by Gasteiger charge is 2.20. The molecule has 1 aromatic heterocycles. The zero-order valence-electron chi connectivity index (χ0n) is 15.5. The number of rotatable bonds is 2. The summed E-state index contributed by atoms with van der Waals surface area (Å²) in [4.78, 5) is 0. The van der Waals surface area contributed by atoms with E-state index in [-0.39, 0.29) is 11.6 Å². The second-order valence-electron chi connectivity index (χ2n) is 7.02. The monoisotopic (exact) mass is 385 g/mol. The van der Waals surface area contributed by atoms with E-state index in [0.29, 0.717) is 29.9 Å². The van der Waals surface area contributed by atoms with Crippen LogP contribution < -0.4 is 5.32 Å². The molecule has 29 heavy (non-hydrogen) atoms. The first-order valence-corrected chi connectivity index (χ1v) is 9.41. The molecule has 0 unspecified atom stereocenters. The average molecular weight is 385 g/mol. The lowest BCUT2D eigenvalue weighted by molar-refractivity contribution is 0.600. The quantitative estimate of drug-likeness (QED) is 0.521. The average Bonchev–Trinajstić information content (AvgIpc) is 2.97. The topological polar surface area (TPSA) is 37.8 Å². The van der Waals surface area contributed by atoms with E-state index in [1.54, 1.807) is 30.5 Å². The molecule has 5 heteroatoms. The van der Waals surface area contributed by atoms with E-state index in [1.807, 2.05) is 24.3 Å². The predicted molar refractivity (Wildman–Crippen MR) is 110 cm³/mol. The van der Waals surface area contributed by atoms with Gasteiger partial charge in [-0.3, -0.25) is 0 Å². The minimum atomic E-state index is -0.286. The van der Waals surface area contributed by atoms with Gasteiger partial charge in [-0.25, -0.2) is 8.78 Å². The summed E-state index contributed by atoms with van der Waals surface area (Å²) in [5.41, 5.74) is 4.34. The van der Waals surface area contributed by atoms with E-state index < -0.39 is 0 Å². The summed E-state index contributed by atoms with van der Waals surface area (Å²) in [6, 6.07) is 17.8. The van der Waals surface area contributed by atoms with E-state index in [1.165, 1.54) is 12.1 Å². The largest absolute Gasteiger partial charge is 0.309 e. The molecule has 0 atom stereocenters. The van der Waals surface area contributed by atoms with E-state index >= 15 is 4.39 Å². The third kappa shape index (κ3) is 3.19. The molecule has 3 aromatic carbocycles. The number of nitrogens with zero attached hydrogens (tertiary/aromatic N) is 2. The molecule has 0 saturated heterocycles. The normalized spacial score (nSPS) is 13.7. The molecule has 3 nitrogen and oxygen atoms in total. The summed E-state index contributed by atoms with van der Waals surface area (Å²) in [6.07, 6.45) is 3.64. The molecule has 0 aliphatic carbocycles. The number of halogens is 2. The number of hydrogen-bond acceptors (Lipinski definition) is 3. The van der Waals surface area contributed by atoms with Crippen LogP contribution >= 0.6 is 0 Å². The van der Waals surface area contributed by atoms with Gasteiger partial charge in [0, 0.05) is 30.4 Å². The molecule has 0 amide bonds. The fourth-order valence-electron chi connectivity index (χ4n) is 3.83. The van der Waals surface area contributed by atoms with Crippen molar-refractivity contribution in [2.75, 3.05) is 6.54 Å². The first kappa shape index (κ1) is 17.6. The highest BCUT2D eigenvalue weighted by molar-refractivity contribution is 5.90. The molecular weight excluding hydrogens is 368 g/mol. The first-order valence-electron chi connectivity index (χ1n) is 9.41. The lowest BCUT2D eigenvalue weighted by atomic mass is 9.91. The van der Waals surface area contributed by atoms with Crippen molar-refractivity contribution >= 4 is 16.3 Å². The van der Waals surface area contributed by atoms with Crippen molar-refractivity contribution in [3.05, 3.63) is 101 Å². The van der Waals surface area contributed by atoms with Gasteiger partial charge in [0.1, 0.15) is 11.6 Å². The van der Waals surface area contributed by atoms with Crippen LogP contribution in [0.1, 0.15) is 16.7 Å². The van der Waals surface area contributed by atoms with Crippen molar-refractivity contribution in [2.24, 2.45) is 0 Å². The first-order chi connectivity index (χ1) is 14.2. The number of aromatic nitrogens is 2. The second-order valence-corrected chi connectivity index (χ2v) is 7.02. The Morgan fingerprint density at radius 2 is 1.69 bits per heavy atom. The van der Waals surface area contributed by atoms with Gasteiger partial charge in [0.15, 0.2) is 0 Å². The summed E-state index contributed by atoms with van der Waals surface area (Å²) >= 11 is 0. The Balaban J connectivity index is 1.64. The molecule has 0 bridgehead atoms. The second kappa shape index (κ2) is 7.18. The van der Waals surface area contributed by atoms with Crippen molar-refractivity contribution in [3.63, 3.8) is 0 Å². The highest BCUT2D eigenvalue weighted by atomic mass is 19.1. The Hall–Kier alpha value is -3.44. The molecular formula is C24H17F2N3. The summed E-state index contributed by atoms with van der Waals surface area (Å²) < 4.78 is 28.9. The van der Waals surface area contributed by atoms with E-state index in [2.05, 4.69) is 21.6 Å². The minimum absolute atomic E-state index is 0.257. The number of fused-ring (bicyclic) bond motifs is 2. The molecule has 0 fully saturated rings. The molecule has 0 spiro atoms. The summed E-state index contributed by atoms with van der Waals surface area (Å²) in [6.45, 7) is 1.06. The summed E-state index contributed by atoms with van der Waals surface area (Å²) in [7, 11) is 0. The van der Waals surface area contributed by atoms with Crippen LogP contribution in [0.4, 0.5) is 8.78 Å². The SMILES string of the molecule is Fc1ccc2cc(C3=CCNCc4c3ccc(-c3cccnn3)c4F)ccc2c1. The van der Waals surface area contributed by atoms with Gasteiger partial charge in [-0.15, -0.1) is 0 Å². The Bertz CT molecular complexity index is 1250. The van der Waals surface area contributed by atoms with Gasteiger partial charge < -0.3 is 5.32 Å². The predicted octanol–water partition coefficient (Wildman–Crippen LogP) is 5.11. The van der Waals surface area contributed by atoms with Crippen LogP contribution in [-0.2, 0) is 6.54 Å². The molecule has 142 valence electrons. The maximum atomic E-state index is 15.4. The lowest BCUT2D eigenvalue weighted by Gasteiger charge is -2.15. The molecule has 5 rings (SSSR count). The molecule has 2 heterocycles. The van der Waals surface area contributed by atoms with E-state index in [9.17, 15) is 4.39 Å². The number of hydrogen-bond donors (Lipinski definition) is 1. The molecule has 0 radical (unpaired) electrons. The van der Waals surface area contributed by atoms with Crippen LogP contribution in [0.3, 0.4) is 0 Å². The maximum absolute atomic E-state index is 15.4. The van der Waals surface area contributed by atoms with Crippen molar-refractivity contribution in [3.8, 4) is 11.3 Å². The molecule has 4 aromatic rings. The zero-order valence-corrected chi connectivity index (χ0v) is 15.5. The van der Waals surface area contributed by atoms with Crippen molar-refractivity contribution in [1.29, 1.82) is 0 Å². The molecule has 0 saturated carbocycles. The smallest absolute Gasteiger partial charge is 0.137 e. The summed E-state index contributed by atoms with van der Waals surface area (Å²) in [5.74, 6) is -0.543.